The second-order valence-corrected chi connectivity index (χ2v) is 6.40. The van der Waals surface area contributed by atoms with Crippen LogP contribution in [0.15, 0.2) is 54.9 Å². The van der Waals surface area contributed by atoms with Crippen molar-refractivity contribution in [3.8, 4) is 39.6 Å². The first-order valence-corrected chi connectivity index (χ1v) is 8.86. The van der Waals surface area contributed by atoms with Crippen molar-refractivity contribution in [3.63, 3.8) is 0 Å². The van der Waals surface area contributed by atoms with E-state index in [-0.39, 0.29) is 0 Å². The Bertz CT molecular complexity index is 1110. The molecule has 6 nitrogen and oxygen atoms in total. The number of rotatable bonds is 5. The maximum atomic E-state index is 5.49. The van der Waals surface area contributed by atoms with E-state index in [1.54, 1.807) is 27.5 Å². The number of aromatic nitrogens is 3. The zero-order valence-corrected chi connectivity index (χ0v) is 16.3. The first kappa shape index (κ1) is 17.9. The largest absolute Gasteiger partial charge is 0.493 e. The number of methoxy groups -OCH3 is 3. The average Bonchev–Trinajstić information content (AvgIpc) is 3.17. The summed E-state index contributed by atoms with van der Waals surface area (Å²) >= 11 is 0. The zero-order valence-electron chi connectivity index (χ0n) is 16.3. The van der Waals surface area contributed by atoms with Gasteiger partial charge in [-0.25, -0.2) is 9.50 Å². The maximum absolute atomic E-state index is 5.49. The maximum Gasteiger partial charge on any atom is 0.203 e. The van der Waals surface area contributed by atoms with Gasteiger partial charge in [0.1, 0.15) is 0 Å². The molecule has 0 saturated carbocycles. The van der Waals surface area contributed by atoms with Crippen LogP contribution in [-0.2, 0) is 0 Å². The van der Waals surface area contributed by atoms with Crippen LogP contribution in [0.2, 0.25) is 0 Å². The molecule has 6 heteroatoms. The van der Waals surface area contributed by atoms with E-state index in [1.165, 1.54) is 5.56 Å². The van der Waals surface area contributed by atoms with Gasteiger partial charge in [-0.3, -0.25) is 0 Å². The molecule has 0 N–H and O–H groups in total. The van der Waals surface area contributed by atoms with Crippen LogP contribution in [0, 0.1) is 6.92 Å². The van der Waals surface area contributed by atoms with Crippen molar-refractivity contribution in [3.05, 3.63) is 60.4 Å². The Morgan fingerprint density at radius 3 is 2.11 bits per heavy atom. The van der Waals surface area contributed by atoms with E-state index in [9.17, 15) is 0 Å². The quantitative estimate of drug-likeness (QED) is 0.518. The fraction of sp³-hybridized carbons (Fsp3) is 0.182. The molecule has 0 aliphatic heterocycles. The fourth-order valence-corrected chi connectivity index (χ4v) is 3.28. The van der Waals surface area contributed by atoms with Gasteiger partial charge >= 0.3 is 0 Å². The average molecular weight is 375 g/mol. The highest BCUT2D eigenvalue weighted by atomic mass is 16.5. The van der Waals surface area contributed by atoms with E-state index in [1.807, 2.05) is 28.9 Å². The van der Waals surface area contributed by atoms with Gasteiger partial charge in [0.2, 0.25) is 5.75 Å². The molecule has 0 unspecified atom stereocenters. The second kappa shape index (κ2) is 7.23. The Balaban J connectivity index is 1.90. The molecule has 0 aliphatic rings. The van der Waals surface area contributed by atoms with Crippen LogP contribution in [0.3, 0.4) is 0 Å². The van der Waals surface area contributed by atoms with Gasteiger partial charge in [0.15, 0.2) is 17.1 Å². The van der Waals surface area contributed by atoms with E-state index in [4.69, 9.17) is 14.2 Å². The Kier molecular flexibility index (Phi) is 4.61. The van der Waals surface area contributed by atoms with Crippen LogP contribution in [0.1, 0.15) is 5.56 Å². The summed E-state index contributed by atoms with van der Waals surface area (Å²) in [5.74, 6) is 1.74. The SMILES string of the molecule is COc1cc(-c2ccnc3c(-c4ccc(C)cc4)cnn23)cc(OC)c1OC. The number of nitrogens with zero attached hydrogens (tertiary/aromatic N) is 3. The number of hydrogen-bond donors (Lipinski definition) is 0. The Hall–Kier alpha value is -3.54. The third-order valence-electron chi connectivity index (χ3n) is 4.72. The number of aryl methyl sites for hydroxylation is 1. The van der Waals surface area contributed by atoms with Gasteiger partial charge in [0, 0.05) is 17.3 Å². The van der Waals surface area contributed by atoms with E-state index >= 15 is 0 Å². The minimum Gasteiger partial charge on any atom is -0.493 e. The monoisotopic (exact) mass is 375 g/mol. The van der Waals surface area contributed by atoms with Crippen LogP contribution in [0.5, 0.6) is 17.2 Å². The molecule has 0 saturated heterocycles. The zero-order chi connectivity index (χ0) is 19.7. The summed E-state index contributed by atoms with van der Waals surface area (Å²) in [6, 6.07) is 14.1. The highest BCUT2D eigenvalue weighted by Gasteiger charge is 2.17. The van der Waals surface area contributed by atoms with Crippen LogP contribution in [0.4, 0.5) is 0 Å². The lowest BCUT2D eigenvalue weighted by atomic mass is 10.1. The highest BCUT2D eigenvalue weighted by Crippen LogP contribution is 2.41. The summed E-state index contributed by atoms with van der Waals surface area (Å²) in [5, 5.41) is 4.59. The molecule has 0 radical (unpaired) electrons. The molecule has 2 heterocycles. The number of hydrogen-bond acceptors (Lipinski definition) is 5. The number of fused-ring (bicyclic) bond motifs is 1. The van der Waals surface area contributed by atoms with Gasteiger partial charge in [-0.2, -0.15) is 5.10 Å². The summed E-state index contributed by atoms with van der Waals surface area (Å²) in [6.07, 6.45) is 3.63. The summed E-state index contributed by atoms with van der Waals surface area (Å²) in [4.78, 5) is 4.56. The number of benzene rings is 2. The molecule has 0 bridgehead atoms. The molecule has 28 heavy (non-hydrogen) atoms. The molecule has 0 amide bonds. The Morgan fingerprint density at radius 2 is 1.50 bits per heavy atom. The van der Waals surface area contributed by atoms with Gasteiger partial charge in [-0.1, -0.05) is 29.8 Å². The molecule has 142 valence electrons. The molecule has 0 aliphatic carbocycles. The van der Waals surface area contributed by atoms with E-state index in [0.717, 1.165) is 28.0 Å². The van der Waals surface area contributed by atoms with E-state index in [2.05, 4.69) is 41.3 Å². The van der Waals surface area contributed by atoms with Crippen LogP contribution in [-0.4, -0.2) is 35.9 Å². The third-order valence-corrected chi connectivity index (χ3v) is 4.72. The second-order valence-electron chi connectivity index (χ2n) is 6.40. The Labute approximate surface area is 163 Å². The minimum atomic E-state index is 0.555. The van der Waals surface area contributed by atoms with E-state index < -0.39 is 0 Å². The summed E-state index contributed by atoms with van der Waals surface area (Å²) in [5.41, 5.74) is 5.83. The summed E-state index contributed by atoms with van der Waals surface area (Å²) in [7, 11) is 4.80. The topological polar surface area (TPSA) is 57.9 Å². The molecule has 4 rings (SSSR count). The van der Waals surface area contributed by atoms with Crippen LogP contribution < -0.4 is 14.2 Å². The molecule has 2 aromatic carbocycles. The summed E-state index contributed by atoms with van der Waals surface area (Å²) in [6.45, 7) is 2.07. The van der Waals surface area contributed by atoms with Crippen molar-refractivity contribution in [1.82, 2.24) is 14.6 Å². The fourth-order valence-electron chi connectivity index (χ4n) is 3.28. The first-order valence-electron chi connectivity index (χ1n) is 8.86. The lowest BCUT2D eigenvalue weighted by Crippen LogP contribution is -1.99. The first-order chi connectivity index (χ1) is 13.7. The smallest absolute Gasteiger partial charge is 0.203 e. The van der Waals surface area contributed by atoms with Crippen molar-refractivity contribution in [2.45, 2.75) is 6.92 Å². The predicted octanol–water partition coefficient (Wildman–Crippen LogP) is 4.40. The third kappa shape index (κ3) is 2.93. The normalized spacial score (nSPS) is 10.9. The Morgan fingerprint density at radius 1 is 0.821 bits per heavy atom. The standard InChI is InChI=1S/C22H21N3O3/c1-14-5-7-15(8-6-14)17-13-24-25-18(9-10-23-22(17)25)16-11-19(26-2)21(28-4)20(12-16)27-3/h5-13H,1-4H3. The van der Waals surface area contributed by atoms with Crippen molar-refractivity contribution in [1.29, 1.82) is 0 Å². The van der Waals surface area contributed by atoms with E-state index in [0.29, 0.717) is 17.2 Å². The molecule has 4 aromatic rings. The van der Waals surface area contributed by atoms with Gasteiger partial charge in [-0.05, 0) is 30.7 Å². The summed E-state index contributed by atoms with van der Waals surface area (Å²) < 4.78 is 18.2. The lowest BCUT2D eigenvalue weighted by Gasteiger charge is -2.14. The van der Waals surface area contributed by atoms with Gasteiger partial charge in [-0.15, -0.1) is 0 Å². The lowest BCUT2D eigenvalue weighted by molar-refractivity contribution is 0.324. The molecule has 0 atom stereocenters. The molecular formula is C22H21N3O3. The highest BCUT2D eigenvalue weighted by molar-refractivity contribution is 5.79. The van der Waals surface area contributed by atoms with Gasteiger partial charge in [0.05, 0.1) is 33.2 Å². The van der Waals surface area contributed by atoms with Gasteiger partial charge < -0.3 is 14.2 Å². The molecule has 2 aromatic heterocycles. The molecule has 0 spiro atoms. The van der Waals surface area contributed by atoms with Crippen molar-refractivity contribution in [2.75, 3.05) is 21.3 Å². The van der Waals surface area contributed by atoms with Crippen LogP contribution in [0.25, 0.3) is 28.0 Å². The van der Waals surface area contributed by atoms with Crippen LogP contribution >= 0.6 is 0 Å². The molecule has 0 fully saturated rings. The minimum absolute atomic E-state index is 0.555. The van der Waals surface area contributed by atoms with Crippen molar-refractivity contribution < 1.29 is 14.2 Å². The number of ether oxygens (including phenoxy) is 3. The predicted molar refractivity (Wildman–Crippen MR) is 108 cm³/mol. The molecular weight excluding hydrogens is 354 g/mol. The van der Waals surface area contributed by atoms with Gasteiger partial charge in [0.25, 0.3) is 0 Å². The van der Waals surface area contributed by atoms with Crippen molar-refractivity contribution >= 4 is 5.65 Å². The van der Waals surface area contributed by atoms with Crippen molar-refractivity contribution in [2.24, 2.45) is 0 Å².